The maximum absolute atomic E-state index is 5.56. The van der Waals surface area contributed by atoms with Gasteiger partial charge in [-0.1, -0.05) is 12.1 Å². The van der Waals surface area contributed by atoms with Crippen molar-refractivity contribution in [1.82, 2.24) is 15.5 Å². The molecule has 1 fully saturated rings. The molecular weight excluding hydrogens is 258 g/mol. The van der Waals surface area contributed by atoms with E-state index in [1.54, 1.807) is 12.3 Å². The van der Waals surface area contributed by atoms with Gasteiger partial charge in [0.05, 0.1) is 18.8 Å². The molecule has 2 aromatic rings. The lowest BCUT2D eigenvalue weighted by atomic mass is 9.95. The quantitative estimate of drug-likeness (QED) is 0.903. The van der Waals surface area contributed by atoms with Crippen molar-refractivity contribution in [2.75, 3.05) is 19.8 Å². The number of nitrogens with one attached hydrogen (secondary N) is 1. The highest BCUT2D eigenvalue weighted by atomic mass is 16.5. The van der Waals surface area contributed by atoms with Crippen molar-refractivity contribution >= 4 is 0 Å². The topological polar surface area (TPSA) is 73.3 Å². The normalized spacial score (nSPS) is 23.1. The number of ether oxygens (including phenoxy) is 1. The number of hydrogen-bond acceptors (Lipinski definition) is 6. The summed E-state index contributed by atoms with van der Waals surface area (Å²) in [6, 6.07) is 3.95. The van der Waals surface area contributed by atoms with Crippen LogP contribution in [0.4, 0.5) is 0 Å². The first-order chi connectivity index (χ1) is 9.88. The molecule has 3 rings (SSSR count). The van der Waals surface area contributed by atoms with Crippen LogP contribution >= 0.6 is 0 Å². The van der Waals surface area contributed by atoms with Crippen LogP contribution in [-0.4, -0.2) is 35.9 Å². The molecule has 6 nitrogen and oxygen atoms in total. The van der Waals surface area contributed by atoms with Crippen LogP contribution in [0.2, 0.25) is 0 Å². The summed E-state index contributed by atoms with van der Waals surface area (Å²) in [7, 11) is 0. The van der Waals surface area contributed by atoms with Gasteiger partial charge in [0.15, 0.2) is 5.76 Å². The molecule has 0 radical (unpaired) electrons. The molecule has 6 heteroatoms. The van der Waals surface area contributed by atoms with E-state index in [0.29, 0.717) is 30.1 Å². The molecule has 1 saturated heterocycles. The van der Waals surface area contributed by atoms with Crippen molar-refractivity contribution in [2.45, 2.75) is 31.7 Å². The number of rotatable bonds is 5. The Hall–Kier alpha value is -1.66. The Bertz CT molecular complexity index is 524. The maximum atomic E-state index is 5.56. The van der Waals surface area contributed by atoms with Crippen LogP contribution in [0, 0.1) is 0 Å². The fourth-order valence-corrected chi connectivity index (χ4v) is 2.45. The van der Waals surface area contributed by atoms with Gasteiger partial charge >= 0.3 is 0 Å². The molecule has 2 aromatic heterocycles. The number of furan rings is 1. The van der Waals surface area contributed by atoms with Crippen molar-refractivity contribution in [1.29, 1.82) is 0 Å². The molecule has 1 N–H and O–H groups in total. The fraction of sp³-hybridized carbons (Fsp3) is 0.571. The van der Waals surface area contributed by atoms with Gasteiger partial charge in [0.1, 0.15) is 0 Å². The molecule has 2 atom stereocenters. The summed E-state index contributed by atoms with van der Waals surface area (Å²) in [5.41, 5.74) is 0. The highest BCUT2D eigenvalue weighted by Crippen LogP contribution is 2.27. The van der Waals surface area contributed by atoms with Crippen molar-refractivity contribution in [3.05, 3.63) is 24.3 Å². The van der Waals surface area contributed by atoms with Crippen molar-refractivity contribution in [3.63, 3.8) is 0 Å². The van der Waals surface area contributed by atoms with Crippen LogP contribution in [0.5, 0.6) is 0 Å². The first-order valence-electron chi connectivity index (χ1n) is 7.07. The Morgan fingerprint density at radius 2 is 2.40 bits per heavy atom. The minimum absolute atomic E-state index is 0.103. The van der Waals surface area contributed by atoms with Gasteiger partial charge in [-0.15, -0.1) is 0 Å². The van der Waals surface area contributed by atoms with Gasteiger partial charge in [-0.25, -0.2) is 0 Å². The standard InChI is InChI=1S/C14H19N3O3/c1-2-6-15-11-5-8-18-9-10(11)14-16-13(17-20-14)12-4-3-7-19-12/h3-4,7,10-11,15H,2,5-6,8-9H2,1H3. The van der Waals surface area contributed by atoms with E-state index in [0.717, 1.165) is 26.0 Å². The van der Waals surface area contributed by atoms with Crippen molar-refractivity contribution < 1.29 is 13.7 Å². The molecule has 3 heterocycles. The third-order valence-corrected chi connectivity index (χ3v) is 3.51. The maximum Gasteiger partial charge on any atom is 0.238 e. The van der Waals surface area contributed by atoms with Gasteiger partial charge < -0.3 is 19.0 Å². The van der Waals surface area contributed by atoms with E-state index in [1.807, 2.05) is 6.07 Å². The van der Waals surface area contributed by atoms with E-state index in [2.05, 4.69) is 22.4 Å². The van der Waals surface area contributed by atoms with Gasteiger partial charge in [-0.3, -0.25) is 0 Å². The predicted octanol–water partition coefficient (Wildman–Crippen LogP) is 2.20. The number of aromatic nitrogens is 2. The molecule has 0 aliphatic carbocycles. The van der Waals surface area contributed by atoms with Crippen LogP contribution in [-0.2, 0) is 4.74 Å². The number of nitrogens with zero attached hydrogens (tertiary/aromatic N) is 2. The Labute approximate surface area is 117 Å². The molecule has 108 valence electrons. The highest BCUT2D eigenvalue weighted by molar-refractivity contribution is 5.44. The van der Waals surface area contributed by atoms with Crippen molar-refractivity contribution in [3.8, 4) is 11.6 Å². The Kier molecular flexibility index (Phi) is 4.13. The monoisotopic (exact) mass is 277 g/mol. The molecule has 0 bridgehead atoms. The fourth-order valence-electron chi connectivity index (χ4n) is 2.45. The second-order valence-electron chi connectivity index (χ2n) is 4.96. The molecule has 0 saturated carbocycles. The predicted molar refractivity (Wildman–Crippen MR) is 72.3 cm³/mol. The minimum atomic E-state index is 0.103. The van der Waals surface area contributed by atoms with Gasteiger partial charge in [-0.05, 0) is 31.5 Å². The molecule has 0 amide bonds. The third kappa shape index (κ3) is 2.76. The van der Waals surface area contributed by atoms with Crippen LogP contribution in [0.15, 0.2) is 27.3 Å². The lowest BCUT2D eigenvalue weighted by Gasteiger charge is -2.29. The zero-order valence-electron chi connectivity index (χ0n) is 11.5. The largest absolute Gasteiger partial charge is 0.461 e. The Balaban J connectivity index is 1.76. The molecule has 1 aliphatic heterocycles. The summed E-state index contributed by atoms with van der Waals surface area (Å²) in [6.07, 6.45) is 3.66. The number of hydrogen-bond donors (Lipinski definition) is 1. The average Bonchev–Trinajstić information content (AvgIpc) is 3.15. The highest BCUT2D eigenvalue weighted by Gasteiger charge is 2.31. The minimum Gasteiger partial charge on any atom is -0.461 e. The second-order valence-corrected chi connectivity index (χ2v) is 4.96. The third-order valence-electron chi connectivity index (χ3n) is 3.51. The molecule has 20 heavy (non-hydrogen) atoms. The van der Waals surface area contributed by atoms with Crippen LogP contribution < -0.4 is 5.32 Å². The first kappa shape index (κ1) is 13.3. The molecule has 2 unspecified atom stereocenters. The van der Waals surface area contributed by atoms with Crippen molar-refractivity contribution in [2.24, 2.45) is 0 Å². The zero-order chi connectivity index (χ0) is 13.8. The van der Waals surface area contributed by atoms with Crippen LogP contribution in [0.1, 0.15) is 31.6 Å². The molecule has 1 aliphatic rings. The van der Waals surface area contributed by atoms with E-state index >= 15 is 0 Å². The first-order valence-corrected chi connectivity index (χ1v) is 7.07. The lowest BCUT2D eigenvalue weighted by molar-refractivity contribution is 0.0498. The zero-order valence-corrected chi connectivity index (χ0v) is 11.5. The second kappa shape index (κ2) is 6.19. The van der Waals surface area contributed by atoms with E-state index < -0.39 is 0 Å². The lowest BCUT2D eigenvalue weighted by Crippen LogP contribution is -2.41. The van der Waals surface area contributed by atoms with E-state index in [9.17, 15) is 0 Å². The summed E-state index contributed by atoms with van der Waals surface area (Å²) in [4.78, 5) is 4.44. The Morgan fingerprint density at radius 3 is 3.20 bits per heavy atom. The van der Waals surface area contributed by atoms with Gasteiger partial charge in [0, 0.05) is 12.6 Å². The smallest absolute Gasteiger partial charge is 0.238 e. The van der Waals surface area contributed by atoms with E-state index in [1.165, 1.54) is 0 Å². The van der Waals surface area contributed by atoms with Crippen LogP contribution in [0.3, 0.4) is 0 Å². The summed E-state index contributed by atoms with van der Waals surface area (Å²) < 4.78 is 16.2. The van der Waals surface area contributed by atoms with E-state index in [4.69, 9.17) is 13.7 Å². The Morgan fingerprint density at radius 1 is 1.45 bits per heavy atom. The SMILES string of the molecule is CCCNC1CCOCC1c1nc(-c2ccco2)no1. The van der Waals surface area contributed by atoms with E-state index in [-0.39, 0.29) is 5.92 Å². The molecular formula is C14H19N3O3. The van der Waals surface area contributed by atoms with Gasteiger partial charge in [-0.2, -0.15) is 4.98 Å². The summed E-state index contributed by atoms with van der Waals surface area (Å²) in [5.74, 6) is 1.83. The van der Waals surface area contributed by atoms with Crippen LogP contribution in [0.25, 0.3) is 11.6 Å². The molecule has 0 spiro atoms. The summed E-state index contributed by atoms with van der Waals surface area (Å²) >= 11 is 0. The molecule has 0 aromatic carbocycles. The summed E-state index contributed by atoms with van der Waals surface area (Å²) in [6.45, 7) is 4.53. The van der Waals surface area contributed by atoms with Gasteiger partial charge in [0.2, 0.25) is 11.7 Å². The average molecular weight is 277 g/mol. The van der Waals surface area contributed by atoms with Gasteiger partial charge in [0.25, 0.3) is 0 Å². The summed E-state index contributed by atoms with van der Waals surface area (Å²) in [5, 5.41) is 7.52.